The summed E-state index contributed by atoms with van der Waals surface area (Å²) < 4.78 is 33.4. The fourth-order valence-corrected chi connectivity index (χ4v) is 5.18. The van der Waals surface area contributed by atoms with Gasteiger partial charge in [0, 0.05) is 38.3 Å². The van der Waals surface area contributed by atoms with Crippen molar-refractivity contribution < 1.29 is 13.2 Å². The second-order valence-electron chi connectivity index (χ2n) is 7.22. The Morgan fingerprint density at radius 3 is 2.41 bits per heavy atom. The van der Waals surface area contributed by atoms with Crippen LogP contribution < -0.4 is 4.74 Å². The minimum absolute atomic E-state index is 0.120. The van der Waals surface area contributed by atoms with Gasteiger partial charge in [0.2, 0.25) is 10.0 Å². The molecule has 1 N–H and O–H groups in total. The van der Waals surface area contributed by atoms with Gasteiger partial charge in [-0.2, -0.15) is 9.40 Å². The molecule has 0 unspecified atom stereocenters. The van der Waals surface area contributed by atoms with Gasteiger partial charge in [0.25, 0.3) is 0 Å². The van der Waals surface area contributed by atoms with Crippen LogP contribution in [0.1, 0.15) is 30.8 Å². The molecule has 1 fully saturated rings. The number of H-pyrrole nitrogens is 1. The minimum atomic E-state index is -3.51. The molecule has 148 valence electrons. The zero-order chi connectivity index (χ0) is 19.6. The third-order valence-electron chi connectivity index (χ3n) is 4.72. The number of piperazine rings is 1. The van der Waals surface area contributed by atoms with Crippen molar-refractivity contribution in [2.75, 3.05) is 26.2 Å². The van der Waals surface area contributed by atoms with Crippen molar-refractivity contribution in [2.45, 2.75) is 45.2 Å². The van der Waals surface area contributed by atoms with E-state index < -0.39 is 10.0 Å². The fraction of sp³-hybridized carbons (Fsp3) is 0.526. The highest BCUT2D eigenvalue weighted by Crippen LogP contribution is 2.25. The van der Waals surface area contributed by atoms with Gasteiger partial charge in [-0.1, -0.05) is 18.2 Å². The molecule has 0 aliphatic carbocycles. The van der Waals surface area contributed by atoms with E-state index in [2.05, 4.69) is 21.2 Å². The molecule has 2 heterocycles. The summed E-state index contributed by atoms with van der Waals surface area (Å²) in [5.41, 5.74) is 2.24. The molecular weight excluding hydrogens is 364 g/mol. The van der Waals surface area contributed by atoms with Crippen molar-refractivity contribution in [3.05, 3.63) is 41.2 Å². The second kappa shape index (κ2) is 8.00. The summed E-state index contributed by atoms with van der Waals surface area (Å²) in [4.78, 5) is 2.58. The Balaban J connectivity index is 1.66. The molecule has 0 radical (unpaired) electrons. The van der Waals surface area contributed by atoms with Crippen LogP contribution in [0.25, 0.3) is 0 Å². The third kappa shape index (κ3) is 4.34. The normalized spacial score (nSPS) is 16.8. The van der Waals surface area contributed by atoms with Crippen LogP contribution >= 0.6 is 0 Å². The smallest absolute Gasteiger partial charge is 0.246 e. The summed E-state index contributed by atoms with van der Waals surface area (Å²) in [6.45, 7) is 10.6. The highest BCUT2D eigenvalue weighted by atomic mass is 32.2. The standard InChI is InChI=1S/C19H28N4O3S/c1-14(2)26-18-8-6-5-7-17(18)13-22-9-11-23(12-10-22)27(24,25)19-15(3)20-21-16(19)4/h5-8,14H,9-13H2,1-4H3,(H,20,21). The van der Waals surface area contributed by atoms with Crippen molar-refractivity contribution in [3.63, 3.8) is 0 Å². The lowest BCUT2D eigenvalue weighted by atomic mass is 10.1. The van der Waals surface area contributed by atoms with Gasteiger partial charge in [0.15, 0.2) is 0 Å². The fourth-order valence-electron chi connectivity index (χ4n) is 3.42. The molecule has 0 spiro atoms. The molecular formula is C19H28N4O3S. The number of benzene rings is 1. The lowest BCUT2D eigenvalue weighted by molar-refractivity contribution is 0.176. The summed E-state index contributed by atoms with van der Waals surface area (Å²) in [5, 5.41) is 6.79. The Labute approximate surface area is 161 Å². The molecule has 1 aliphatic heterocycles. The van der Waals surface area contributed by atoms with Gasteiger partial charge in [-0.3, -0.25) is 10.00 Å². The van der Waals surface area contributed by atoms with Gasteiger partial charge in [-0.15, -0.1) is 0 Å². The Morgan fingerprint density at radius 2 is 1.81 bits per heavy atom. The highest BCUT2D eigenvalue weighted by Gasteiger charge is 2.32. The summed E-state index contributed by atoms with van der Waals surface area (Å²) in [5.74, 6) is 0.896. The van der Waals surface area contributed by atoms with E-state index >= 15 is 0 Å². The van der Waals surface area contributed by atoms with Gasteiger partial charge in [-0.25, -0.2) is 8.42 Å². The first kappa shape index (κ1) is 19.9. The van der Waals surface area contributed by atoms with Gasteiger partial charge >= 0.3 is 0 Å². The van der Waals surface area contributed by atoms with Crippen LogP contribution in [-0.2, 0) is 16.6 Å². The van der Waals surface area contributed by atoms with Gasteiger partial charge < -0.3 is 4.74 Å². The van der Waals surface area contributed by atoms with Crippen molar-refractivity contribution >= 4 is 10.0 Å². The van der Waals surface area contributed by atoms with Crippen LogP contribution in [0.4, 0.5) is 0 Å². The number of para-hydroxylation sites is 1. The van der Waals surface area contributed by atoms with Crippen LogP contribution in [0.5, 0.6) is 5.75 Å². The van der Waals surface area contributed by atoms with Crippen molar-refractivity contribution in [2.24, 2.45) is 0 Å². The predicted octanol–water partition coefficient (Wildman–Crippen LogP) is 2.32. The first-order valence-electron chi connectivity index (χ1n) is 9.27. The van der Waals surface area contributed by atoms with Crippen LogP contribution in [-0.4, -0.2) is 60.1 Å². The Hall–Kier alpha value is -1.90. The molecule has 2 aromatic rings. The van der Waals surface area contributed by atoms with E-state index in [4.69, 9.17) is 4.74 Å². The summed E-state index contributed by atoms with van der Waals surface area (Å²) >= 11 is 0. The van der Waals surface area contributed by atoms with Crippen molar-refractivity contribution in [1.29, 1.82) is 0 Å². The zero-order valence-corrected chi connectivity index (χ0v) is 17.2. The molecule has 1 aliphatic rings. The van der Waals surface area contributed by atoms with Gasteiger partial charge in [0.1, 0.15) is 10.6 Å². The maximum atomic E-state index is 13.0. The molecule has 0 bridgehead atoms. The molecule has 3 rings (SSSR count). The average molecular weight is 393 g/mol. The Kier molecular flexibility index (Phi) is 5.88. The molecule has 0 saturated carbocycles. The largest absolute Gasteiger partial charge is 0.491 e. The number of rotatable bonds is 6. The average Bonchev–Trinajstić information content (AvgIpc) is 2.96. The van der Waals surface area contributed by atoms with Crippen molar-refractivity contribution in [3.8, 4) is 5.75 Å². The second-order valence-corrected chi connectivity index (χ2v) is 9.09. The number of nitrogens with zero attached hydrogens (tertiary/aromatic N) is 3. The molecule has 27 heavy (non-hydrogen) atoms. The number of nitrogens with one attached hydrogen (secondary N) is 1. The monoisotopic (exact) mass is 392 g/mol. The zero-order valence-electron chi connectivity index (χ0n) is 16.4. The topological polar surface area (TPSA) is 78.5 Å². The number of ether oxygens (including phenoxy) is 1. The van der Waals surface area contributed by atoms with E-state index in [9.17, 15) is 8.42 Å². The van der Waals surface area contributed by atoms with E-state index in [-0.39, 0.29) is 6.10 Å². The number of aromatic nitrogens is 2. The van der Waals surface area contributed by atoms with Gasteiger partial charge in [-0.05, 0) is 33.8 Å². The lowest BCUT2D eigenvalue weighted by Crippen LogP contribution is -2.48. The third-order valence-corrected chi connectivity index (χ3v) is 6.88. The molecule has 1 saturated heterocycles. The van der Waals surface area contributed by atoms with E-state index in [0.717, 1.165) is 17.9 Å². The van der Waals surface area contributed by atoms with E-state index in [0.29, 0.717) is 42.5 Å². The predicted molar refractivity (Wildman–Crippen MR) is 104 cm³/mol. The maximum absolute atomic E-state index is 13.0. The SMILES string of the molecule is Cc1n[nH]c(C)c1S(=O)(=O)N1CCN(Cc2ccccc2OC(C)C)CC1. The molecule has 0 atom stereocenters. The molecule has 7 nitrogen and oxygen atoms in total. The highest BCUT2D eigenvalue weighted by molar-refractivity contribution is 7.89. The first-order chi connectivity index (χ1) is 12.8. The quantitative estimate of drug-likeness (QED) is 0.816. The number of hydrogen-bond donors (Lipinski definition) is 1. The Bertz CT molecular complexity index is 865. The summed E-state index contributed by atoms with van der Waals surface area (Å²) in [6.07, 6.45) is 0.120. The number of sulfonamides is 1. The van der Waals surface area contributed by atoms with E-state index in [1.54, 1.807) is 18.2 Å². The molecule has 0 amide bonds. The number of hydrogen-bond acceptors (Lipinski definition) is 5. The first-order valence-corrected chi connectivity index (χ1v) is 10.7. The van der Waals surface area contributed by atoms with E-state index in [1.165, 1.54) is 0 Å². The van der Waals surface area contributed by atoms with Crippen LogP contribution in [0.15, 0.2) is 29.2 Å². The minimum Gasteiger partial charge on any atom is -0.491 e. The number of aromatic amines is 1. The maximum Gasteiger partial charge on any atom is 0.246 e. The van der Waals surface area contributed by atoms with Crippen molar-refractivity contribution in [1.82, 2.24) is 19.4 Å². The van der Waals surface area contributed by atoms with Gasteiger partial charge in [0.05, 0.1) is 17.5 Å². The van der Waals surface area contributed by atoms with Crippen LogP contribution in [0.3, 0.4) is 0 Å². The summed E-state index contributed by atoms with van der Waals surface area (Å²) in [7, 11) is -3.51. The van der Waals surface area contributed by atoms with Crippen LogP contribution in [0.2, 0.25) is 0 Å². The Morgan fingerprint density at radius 1 is 1.15 bits per heavy atom. The lowest BCUT2D eigenvalue weighted by Gasteiger charge is -2.34. The summed E-state index contributed by atoms with van der Waals surface area (Å²) in [6, 6.07) is 8.04. The van der Waals surface area contributed by atoms with Crippen LogP contribution in [0, 0.1) is 13.8 Å². The molecule has 1 aromatic heterocycles. The molecule has 8 heteroatoms. The number of aryl methyl sites for hydroxylation is 2. The molecule has 1 aromatic carbocycles. The van der Waals surface area contributed by atoms with E-state index in [1.807, 2.05) is 32.0 Å².